The van der Waals surface area contributed by atoms with Crippen LogP contribution in [0.3, 0.4) is 0 Å². The number of carbonyl (C=O) groups is 2. The van der Waals surface area contributed by atoms with E-state index in [4.69, 9.17) is 9.15 Å². The van der Waals surface area contributed by atoms with Crippen molar-refractivity contribution in [3.63, 3.8) is 0 Å². The molecular weight excluding hydrogens is 286 g/mol. The lowest BCUT2D eigenvalue weighted by Gasteiger charge is -2.11. The van der Waals surface area contributed by atoms with Crippen molar-refractivity contribution in [2.75, 3.05) is 6.61 Å². The molecule has 0 saturated carbocycles. The zero-order valence-corrected chi connectivity index (χ0v) is 11.3. The molecule has 1 aromatic heterocycles. The molecule has 1 atom stereocenters. The van der Waals surface area contributed by atoms with E-state index in [0.717, 1.165) is 12.3 Å². The molecule has 21 heavy (non-hydrogen) atoms. The molecule has 0 radical (unpaired) electrons. The Morgan fingerprint density at radius 3 is 2.86 bits per heavy atom. The molecule has 1 heterocycles. The van der Waals surface area contributed by atoms with Gasteiger partial charge in [-0.3, -0.25) is 14.9 Å². The van der Waals surface area contributed by atoms with E-state index in [1.165, 1.54) is 19.9 Å². The number of furan rings is 1. The number of hydrogen-bond acceptors (Lipinski definition) is 8. The van der Waals surface area contributed by atoms with Gasteiger partial charge in [-0.15, -0.1) is 0 Å². The Morgan fingerprint density at radius 2 is 2.29 bits per heavy atom. The highest BCUT2D eigenvalue weighted by Crippen LogP contribution is 2.13. The standard InChI is InChI=1S/C11H13N3O7/c1-7(6-19-8(2)15)20-11(16)13-12-5-9-3-4-10(21-9)14(17)18/h3-5,7H,6H2,1-2H3,(H,13,16). The Hall–Kier alpha value is -2.91. The van der Waals surface area contributed by atoms with Gasteiger partial charge in [-0.05, 0) is 13.0 Å². The van der Waals surface area contributed by atoms with Crippen LogP contribution in [-0.2, 0) is 14.3 Å². The topological polar surface area (TPSA) is 133 Å². The van der Waals surface area contributed by atoms with Crippen LogP contribution in [0.2, 0.25) is 0 Å². The minimum atomic E-state index is -0.869. The summed E-state index contributed by atoms with van der Waals surface area (Å²) in [6, 6.07) is 2.47. The molecule has 1 amide bonds. The summed E-state index contributed by atoms with van der Waals surface area (Å²) in [5, 5.41) is 13.9. The highest BCUT2D eigenvalue weighted by Gasteiger charge is 2.11. The lowest BCUT2D eigenvalue weighted by Crippen LogP contribution is -2.27. The van der Waals surface area contributed by atoms with Crippen LogP contribution in [0.5, 0.6) is 0 Å². The number of nitro groups is 1. The number of ether oxygens (including phenoxy) is 2. The Kier molecular flexibility index (Phi) is 5.86. The number of nitrogens with one attached hydrogen (secondary N) is 1. The van der Waals surface area contributed by atoms with E-state index in [0.29, 0.717) is 0 Å². The van der Waals surface area contributed by atoms with Crippen molar-refractivity contribution in [2.24, 2.45) is 5.10 Å². The van der Waals surface area contributed by atoms with E-state index in [2.05, 4.69) is 9.84 Å². The van der Waals surface area contributed by atoms with Crippen LogP contribution in [0.25, 0.3) is 0 Å². The van der Waals surface area contributed by atoms with Crippen LogP contribution in [0.1, 0.15) is 19.6 Å². The van der Waals surface area contributed by atoms with Crippen molar-refractivity contribution in [3.05, 3.63) is 28.0 Å². The minimum Gasteiger partial charge on any atom is -0.462 e. The van der Waals surface area contributed by atoms with Crippen LogP contribution < -0.4 is 5.43 Å². The van der Waals surface area contributed by atoms with Crippen LogP contribution in [0.4, 0.5) is 10.7 Å². The first-order chi connectivity index (χ1) is 9.88. The largest absolute Gasteiger partial charge is 0.462 e. The molecule has 0 aliphatic rings. The first-order valence-corrected chi connectivity index (χ1v) is 5.75. The average molecular weight is 299 g/mol. The van der Waals surface area contributed by atoms with E-state index in [1.807, 2.05) is 5.43 Å². The van der Waals surface area contributed by atoms with Crippen LogP contribution in [-0.4, -0.2) is 35.9 Å². The lowest BCUT2D eigenvalue weighted by molar-refractivity contribution is -0.402. The van der Waals surface area contributed by atoms with Crippen LogP contribution in [0.15, 0.2) is 21.7 Å². The number of amides is 1. The molecule has 0 bridgehead atoms. The maximum absolute atomic E-state index is 11.3. The van der Waals surface area contributed by atoms with E-state index in [1.54, 1.807) is 0 Å². The summed E-state index contributed by atoms with van der Waals surface area (Å²) < 4.78 is 14.2. The van der Waals surface area contributed by atoms with E-state index < -0.39 is 29.0 Å². The highest BCUT2D eigenvalue weighted by atomic mass is 16.6. The Labute approximate surface area is 118 Å². The zero-order valence-electron chi connectivity index (χ0n) is 11.3. The summed E-state index contributed by atoms with van der Waals surface area (Å²) in [6.07, 6.45) is -0.439. The molecule has 0 saturated heterocycles. The third-order valence-corrected chi connectivity index (χ3v) is 1.97. The summed E-state index contributed by atoms with van der Waals surface area (Å²) in [4.78, 5) is 31.5. The first kappa shape index (κ1) is 16.1. The molecular formula is C11H13N3O7. The minimum absolute atomic E-state index is 0.0726. The zero-order chi connectivity index (χ0) is 15.8. The number of rotatable bonds is 6. The maximum atomic E-state index is 11.3. The van der Waals surface area contributed by atoms with E-state index >= 15 is 0 Å². The van der Waals surface area contributed by atoms with Gasteiger partial charge < -0.3 is 13.9 Å². The van der Waals surface area contributed by atoms with Crippen molar-refractivity contribution < 1.29 is 28.4 Å². The number of hydrogen-bond donors (Lipinski definition) is 1. The second-order valence-electron chi connectivity index (χ2n) is 3.82. The van der Waals surface area contributed by atoms with Crippen molar-refractivity contribution in [3.8, 4) is 0 Å². The third kappa shape index (κ3) is 6.18. The number of carbonyl (C=O) groups excluding carboxylic acids is 2. The van der Waals surface area contributed by atoms with Crippen molar-refractivity contribution in [2.45, 2.75) is 20.0 Å². The fourth-order valence-electron chi connectivity index (χ4n) is 1.14. The normalized spacial score (nSPS) is 11.9. The van der Waals surface area contributed by atoms with Gasteiger partial charge in [-0.2, -0.15) is 5.10 Å². The Balaban J connectivity index is 2.36. The van der Waals surface area contributed by atoms with Gasteiger partial charge in [0.1, 0.15) is 17.6 Å². The van der Waals surface area contributed by atoms with Crippen molar-refractivity contribution in [1.29, 1.82) is 0 Å². The predicted molar refractivity (Wildman–Crippen MR) is 68.7 cm³/mol. The van der Waals surface area contributed by atoms with Crippen LogP contribution >= 0.6 is 0 Å². The molecule has 1 N–H and O–H groups in total. The van der Waals surface area contributed by atoms with Crippen molar-refractivity contribution in [1.82, 2.24) is 5.43 Å². The SMILES string of the molecule is CC(=O)OCC(C)OC(=O)NN=Cc1ccc([N+](=O)[O-])o1. The fraction of sp³-hybridized carbons (Fsp3) is 0.364. The van der Waals surface area contributed by atoms with Gasteiger partial charge in [0.15, 0.2) is 5.76 Å². The molecule has 1 aromatic rings. The fourth-order valence-corrected chi connectivity index (χ4v) is 1.14. The first-order valence-electron chi connectivity index (χ1n) is 5.75. The lowest BCUT2D eigenvalue weighted by atomic mass is 10.4. The predicted octanol–water partition coefficient (Wildman–Crippen LogP) is 1.20. The van der Waals surface area contributed by atoms with Gasteiger partial charge in [-0.25, -0.2) is 10.2 Å². The Bertz CT molecular complexity index is 552. The van der Waals surface area contributed by atoms with Gasteiger partial charge in [-0.1, -0.05) is 0 Å². The van der Waals surface area contributed by atoms with Gasteiger partial charge in [0.2, 0.25) is 0 Å². The maximum Gasteiger partial charge on any atom is 0.433 e. The molecule has 0 spiro atoms. The molecule has 0 aromatic carbocycles. The second-order valence-corrected chi connectivity index (χ2v) is 3.82. The molecule has 1 rings (SSSR count). The smallest absolute Gasteiger partial charge is 0.433 e. The number of hydrazone groups is 1. The molecule has 114 valence electrons. The second kappa shape index (κ2) is 7.62. The van der Waals surface area contributed by atoms with Gasteiger partial charge >= 0.3 is 17.9 Å². The molecule has 10 nitrogen and oxygen atoms in total. The van der Waals surface area contributed by atoms with Crippen LogP contribution in [0, 0.1) is 10.1 Å². The van der Waals surface area contributed by atoms with Gasteiger partial charge in [0.05, 0.1) is 12.3 Å². The van der Waals surface area contributed by atoms with E-state index in [-0.39, 0.29) is 12.4 Å². The van der Waals surface area contributed by atoms with E-state index in [9.17, 15) is 19.7 Å². The summed E-state index contributed by atoms with van der Waals surface area (Å²) in [5.41, 5.74) is 2.03. The van der Waals surface area contributed by atoms with Gasteiger partial charge in [0.25, 0.3) is 0 Å². The Morgan fingerprint density at radius 1 is 1.57 bits per heavy atom. The molecule has 0 aliphatic heterocycles. The van der Waals surface area contributed by atoms with Gasteiger partial charge in [0, 0.05) is 6.92 Å². The molecule has 1 unspecified atom stereocenters. The highest BCUT2D eigenvalue weighted by molar-refractivity contribution is 5.78. The molecule has 0 fully saturated rings. The summed E-state index contributed by atoms with van der Waals surface area (Å²) in [5.74, 6) is -0.827. The quantitative estimate of drug-likeness (QED) is 0.361. The average Bonchev–Trinajstić information content (AvgIpc) is 2.85. The molecule has 10 heteroatoms. The summed E-state index contributed by atoms with van der Waals surface area (Å²) in [6.45, 7) is 2.69. The summed E-state index contributed by atoms with van der Waals surface area (Å²) in [7, 11) is 0. The summed E-state index contributed by atoms with van der Waals surface area (Å²) >= 11 is 0. The monoisotopic (exact) mass is 299 g/mol. The van der Waals surface area contributed by atoms with Crippen molar-refractivity contribution >= 4 is 24.2 Å². The third-order valence-electron chi connectivity index (χ3n) is 1.97. The number of esters is 1. The number of nitrogens with zero attached hydrogens (tertiary/aromatic N) is 2. The molecule has 0 aliphatic carbocycles.